The molecular formula is C32H22Cl6F6N2O9. The van der Waals surface area contributed by atoms with Crippen molar-refractivity contribution in [2.45, 2.75) is 25.3 Å². The molecule has 0 saturated carbocycles. The highest BCUT2D eigenvalue weighted by atomic mass is 35.5. The molecule has 0 unspecified atom stereocenters. The number of quaternary nitrogens is 2. The number of carboxylic acid groups (broad SMARTS) is 3. The van der Waals surface area contributed by atoms with Crippen LogP contribution < -0.4 is 25.9 Å². The zero-order valence-corrected chi connectivity index (χ0v) is 31.6. The molecule has 0 radical (unpaired) electrons. The number of aromatic carboxylic acids is 1. The number of fused-ring (bicyclic) bond motifs is 2. The van der Waals surface area contributed by atoms with Gasteiger partial charge in [-0.25, -0.2) is 4.79 Å². The highest BCUT2D eigenvalue weighted by Gasteiger charge is 2.34. The van der Waals surface area contributed by atoms with Crippen LogP contribution in [0.5, 0.6) is 5.75 Å². The number of nitrogens with two attached hydrogens (primary N) is 1. The number of hydrogen-bond acceptors (Lipinski definition) is 8. The topological polar surface area (TPSA) is 189 Å². The van der Waals surface area contributed by atoms with Gasteiger partial charge in [-0.2, -0.15) is 26.3 Å². The fourth-order valence-electron chi connectivity index (χ4n) is 5.33. The number of hydrogen-bond donors (Lipinski definition) is 4. The van der Waals surface area contributed by atoms with E-state index in [1.807, 2.05) is 0 Å². The molecule has 2 aromatic rings. The number of benzene rings is 3. The summed E-state index contributed by atoms with van der Waals surface area (Å²) < 4.78 is 69.5. The van der Waals surface area contributed by atoms with Gasteiger partial charge in [-0.3, -0.25) is 4.79 Å². The predicted molar refractivity (Wildman–Crippen MR) is 185 cm³/mol. The van der Waals surface area contributed by atoms with E-state index in [1.54, 1.807) is 0 Å². The molecule has 3 aliphatic rings. The number of aromatic hydroxyl groups is 1. The van der Waals surface area contributed by atoms with Gasteiger partial charge in [0.05, 0.1) is 41.3 Å². The fraction of sp³-hybridized carbons (Fsp3) is 0.250. The summed E-state index contributed by atoms with van der Waals surface area (Å²) in [5.41, 5.74) is 0.238. The Kier molecular flexibility index (Phi) is 15.0. The maximum absolute atomic E-state index is 13.2. The number of aliphatic carboxylic acids is 2. The number of allylic oxidation sites excluding steroid dienone is 1. The molecule has 55 heavy (non-hydrogen) atoms. The Hall–Kier alpha value is -3.68. The van der Waals surface area contributed by atoms with Crippen LogP contribution in [0.4, 0.5) is 26.3 Å². The number of nitrogens with one attached hydrogen (secondary N) is 1. The van der Waals surface area contributed by atoms with Gasteiger partial charge in [-0.05, 0) is 18.6 Å². The minimum Gasteiger partial charge on any atom is -0.542 e. The number of rotatable bonds is 6. The van der Waals surface area contributed by atoms with E-state index in [0.29, 0.717) is 17.5 Å². The van der Waals surface area contributed by atoms with Crippen molar-refractivity contribution in [1.82, 2.24) is 0 Å². The van der Waals surface area contributed by atoms with E-state index in [-0.39, 0.29) is 75.9 Å². The van der Waals surface area contributed by atoms with Gasteiger partial charge in [-0.15, -0.1) is 6.58 Å². The predicted octanol–water partition coefficient (Wildman–Crippen LogP) is 4.18. The molecule has 23 heteroatoms. The van der Waals surface area contributed by atoms with Crippen LogP contribution in [0.3, 0.4) is 0 Å². The lowest BCUT2D eigenvalue weighted by Crippen LogP contribution is -3.19. The second kappa shape index (κ2) is 18.1. The maximum atomic E-state index is 13.2. The molecule has 5 rings (SSSR count). The van der Waals surface area contributed by atoms with Gasteiger partial charge in [0.15, 0.2) is 0 Å². The van der Waals surface area contributed by atoms with E-state index < -0.39 is 41.3 Å². The van der Waals surface area contributed by atoms with Crippen LogP contribution in [0.2, 0.25) is 30.1 Å². The Balaban J connectivity index is 0.000000494. The summed E-state index contributed by atoms with van der Waals surface area (Å²) in [5.74, 6) is -7.51. The normalized spacial score (nSPS) is 13.5. The first-order valence-electron chi connectivity index (χ1n) is 14.9. The Morgan fingerprint density at radius 2 is 1.36 bits per heavy atom. The number of alkyl halides is 6. The minimum atomic E-state index is -5.19. The molecular weight excluding hydrogens is 883 g/mol. The highest BCUT2D eigenvalue weighted by Crippen LogP contribution is 2.52. The summed E-state index contributed by atoms with van der Waals surface area (Å²) in [6.45, 7) is 7.55. The van der Waals surface area contributed by atoms with Crippen LogP contribution in [0.1, 0.15) is 21.5 Å². The largest absolute Gasteiger partial charge is 0.542 e. The molecule has 0 amide bonds. The maximum Gasteiger partial charge on any atom is 0.430 e. The first-order valence-corrected chi connectivity index (χ1v) is 17.2. The van der Waals surface area contributed by atoms with Crippen LogP contribution in [-0.4, -0.2) is 66.7 Å². The minimum absolute atomic E-state index is 0.00304. The van der Waals surface area contributed by atoms with Crippen LogP contribution >= 0.6 is 69.6 Å². The summed E-state index contributed by atoms with van der Waals surface area (Å²) in [6.07, 6.45) is -8.78. The molecule has 1 fully saturated rings. The molecule has 2 heterocycles. The fourth-order valence-corrected chi connectivity index (χ4v) is 6.81. The van der Waals surface area contributed by atoms with Gasteiger partial charge < -0.3 is 44.6 Å². The summed E-state index contributed by atoms with van der Waals surface area (Å²) in [5, 5.41) is 40.5. The Morgan fingerprint density at radius 1 is 0.855 bits per heavy atom. The molecule has 2 aromatic carbocycles. The highest BCUT2D eigenvalue weighted by molar-refractivity contribution is 6.54. The van der Waals surface area contributed by atoms with Crippen LogP contribution in [0.15, 0.2) is 34.0 Å². The van der Waals surface area contributed by atoms with Crippen molar-refractivity contribution in [3.63, 3.8) is 0 Å². The van der Waals surface area contributed by atoms with Crippen molar-refractivity contribution in [2.75, 3.05) is 26.2 Å². The molecule has 1 saturated heterocycles. The monoisotopic (exact) mass is 902 g/mol. The lowest BCUT2D eigenvalue weighted by molar-refractivity contribution is -0.957. The Labute approximate surface area is 334 Å². The SMILES string of the molecule is C=CCc1c2oc3c(C[NH+]4CC[NH2+]CC4)c(O)c(Cl)cc3c(-c3c(Cl)c(Cl)c(Cl)c(Cl)c3C(=O)O)c-2cc(Cl)c1=O.O=C([O-])C(F)(F)F.O=C([O-])C(F)(F)F. The second-order valence-electron chi connectivity index (χ2n) is 11.2. The summed E-state index contributed by atoms with van der Waals surface area (Å²) in [7, 11) is 0. The number of carbonyl (C=O) groups excluding carboxylic acids is 2. The third-order valence-corrected chi connectivity index (χ3v) is 10.1. The Morgan fingerprint density at radius 3 is 1.84 bits per heavy atom. The summed E-state index contributed by atoms with van der Waals surface area (Å²) >= 11 is 38.8. The van der Waals surface area contributed by atoms with Gasteiger partial charge in [0, 0.05) is 27.6 Å². The van der Waals surface area contributed by atoms with Crippen LogP contribution in [0, 0.1) is 0 Å². The van der Waals surface area contributed by atoms with Crippen LogP contribution in [-0.2, 0) is 22.6 Å². The van der Waals surface area contributed by atoms with Gasteiger partial charge in [-0.1, -0.05) is 75.7 Å². The molecule has 0 spiro atoms. The van der Waals surface area contributed by atoms with Crippen molar-refractivity contribution in [3.05, 3.63) is 81.8 Å². The van der Waals surface area contributed by atoms with Crippen molar-refractivity contribution in [2.24, 2.45) is 0 Å². The quantitative estimate of drug-likeness (QED) is 0.0724. The first kappa shape index (κ1) is 45.7. The first-order chi connectivity index (χ1) is 25.4. The van der Waals surface area contributed by atoms with Gasteiger partial charge in [0.25, 0.3) is 0 Å². The van der Waals surface area contributed by atoms with Crippen molar-refractivity contribution in [3.8, 4) is 28.2 Å². The molecule has 2 aliphatic heterocycles. The van der Waals surface area contributed by atoms with E-state index in [4.69, 9.17) is 93.8 Å². The van der Waals surface area contributed by atoms with E-state index in [1.165, 1.54) is 23.1 Å². The van der Waals surface area contributed by atoms with E-state index in [2.05, 4.69) is 11.9 Å². The average molecular weight is 905 g/mol. The standard InChI is InChI=1S/C28H20Cl6N2O5.2C2HF3O2/c1-2-3-11-24(37)15(29)8-12-17(18-19(28(39)40)21(32)23(34)22(33)20(18)31)13-9-16(30)25(38)14(27(13)41-26(11)12)10-36-6-4-35-5-7-36;2*3-2(4,5)1(6)7/h2,8-9,35,38H,1,3-7,10H2,(H,39,40);2*(H,6,7). The molecule has 5 N–H and O–H groups in total. The van der Waals surface area contributed by atoms with Crippen molar-refractivity contribution < 1.29 is 75.8 Å². The lowest BCUT2D eigenvalue weighted by Gasteiger charge is -2.25. The third kappa shape index (κ3) is 10.2. The van der Waals surface area contributed by atoms with Gasteiger partial charge in [0.2, 0.25) is 5.43 Å². The van der Waals surface area contributed by atoms with Gasteiger partial charge >= 0.3 is 18.3 Å². The number of phenols is 1. The smallest absolute Gasteiger partial charge is 0.430 e. The number of carbonyl (C=O) groups is 3. The van der Waals surface area contributed by atoms with Crippen molar-refractivity contribution in [1.29, 1.82) is 0 Å². The van der Waals surface area contributed by atoms with E-state index in [9.17, 15) is 46.1 Å². The number of piperazine rings is 1. The zero-order valence-electron chi connectivity index (χ0n) is 27.0. The zero-order chi connectivity index (χ0) is 41.9. The third-order valence-electron chi connectivity index (χ3n) is 7.70. The van der Waals surface area contributed by atoms with Crippen molar-refractivity contribution >= 4 is 98.5 Å². The molecule has 0 aromatic heterocycles. The number of phenolic OH excluding ortho intramolecular Hbond substituents is 1. The van der Waals surface area contributed by atoms with E-state index >= 15 is 0 Å². The Bertz CT molecular complexity index is 2180. The van der Waals surface area contributed by atoms with Gasteiger partial charge in [0.1, 0.15) is 61.8 Å². The number of halogens is 12. The number of carboxylic acids is 3. The lowest BCUT2D eigenvalue weighted by atomic mass is 9.87. The second-order valence-corrected chi connectivity index (χ2v) is 13.6. The average Bonchev–Trinajstić information content (AvgIpc) is 3.09. The molecule has 0 bridgehead atoms. The molecule has 298 valence electrons. The van der Waals surface area contributed by atoms with Crippen LogP contribution in [0.25, 0.3) is 33.4 Å². The molecule has 1 aliphatic carbocycles. The summed E-state index contributed by atoms with van der Waals surface area (Å²) in [6, 6.07) is 2.81. The van der Waals surface area contributed by atoms with E-state index in [0.717, 1.165) is 26.2 Å². The molecule has 0 atom stereocenters. The summed E-state index contributed by atoms with van der Waals surface area (Å²) in [4.78, 5) is 44.5. The molecule has 11 nitrogen and oxygen atoms in total.